The number of rotatable bonds is 1. The lowest BCUT2D eigenvalue weighted by atomic mass is 9.96. The molecular weight excluding hydrogens is 266 g/mol. The van der Waals surface area contributed by atoms with Crippen LogP contribution < -0.4 is 4.90 Å². The third kappa shape index (κ3) is 2.37. The molecule has 2 aromatic rings. The van der Waals surface area contributed by atoms with Gasteiger partial charge in [0, 0.05) is 17.9 Å². The molecule has 1 aliphatic carbocycles. The minimum absolute atomic E-state index is 0.978. The molecule has 0 amide bonds. The first-order valence-corrected chi connectivity index (χ1v) is 8.11. The van der Waals surface area contributed by atoms with E-state index in [1.165, 1.54) is 33.6 Å². The molecule has 1 nitrogen and oxygen atoms in total. The van der Waals surface area contributed by atoms with Crippen LogP contribution in [0.4, 0.5) is 5.69 Å². The Morgan fingerprint density at radius 3 is 2.50 bits per heavy atom. The Labute approximate surface area is 132 Å². The van der Waals surface area contributed by atoms with E-state index in [0.717, 1.165) is 25.8 Å². The quantitative estimate of drug-likeness (QED) is 0.700. The number of anilines is 1. The number of benzene rings is 2. The van der Waals surface area contributed by atoms with Gasteiger partial charge in [-0.2, -0.15) is 0 Å². The molecule has 0 radical (unpaired) electrons. The molecule has 4 rings (SSSR count). The Balaban J connectivity index is 1.84. The Hall–Kier alpha value is -2.28. The van der Waals surface area contributed by atoms with Crippen molar-refractivity contribution in [3.63, 3.8) is 0 Å². The molecule has 0 bridgehead atoms. The average molecular weight is 287 g/mol. The van der Waals surface area contributed by atoms with Gasteiger partial charge < -0.3 is 4.90 Å². The Kier molecular flexibility index (Phi) is 3.34. The maximum Gasteiger partial charge on any atom is 0.0481 e. The minimum Gasteiger partial charge on any atom is -0.340 e. The molecule has 0 N–H and O–H groups in total. The van der Waals surface area contributed by atoms with Gasteiger partial charge in [-0.05, 0) is 55.0 Å². The normalized spacial score (nSPS) is 17.0. The Morgan fingerprint density at radius 1 is 0.909 bits per heavy atom. The summed E-state index contributed by atoms with van der Waals surface area (Å²) < 4.78 is 0. The van der Waals surface area contributed by atoms with Gasteiger partial charge in [0.15, 0.2) is 0 Å². The van der Waals surface area contributed by atoms with Crippen LogP contribution in [0.2, 0.25) is 0 Å². The van der Waals surface area contributed by atoms with Gasteiger partial charge in [-0.15, -0.1) is 0 Å². The summed E-state index contributed by atoms with van der Waals surface area (Å²) in [6, 6.07) is 17.8. The number of fused-ring (bicyclic) bond motifs is 1. The molecule has 1 heteroatoms. The van der Waals surface area contributed by atoms with Gasteiger partial charge in [0.25, 0.3) is 0 Å². The zero-order valence-electron chi connectivity index (χ0n) is 13.0. The molecule has 2 aromatic carbocycles. The first kappa shape index (κ1) is 13.4. The number of hydrogen-bond donors (Lipinski definition) is 0. The van der Waals surface area contributed by atoms with Crippen molar-refractivity contribution in [2.24, 2.45) is 0 Å². The summed E-state index contributed by atoms with van der Waals surface area (Å²) in [5, 5.41) is 0. The highest BCUT2D eigenvalue weighted by Crippen LogP contribution is 2.34. The first-order chi connectivity index (χ1) is 10.8. The van der Waals surface area contributed by atoms with Crippen molar-refractivity contribution in [1.29, 1.82) is 0 Å². The number of hydrogen-bond acceptors (Lipinski definition) is 1. The zero-order chi connectivity index (χ0) is 14.9. The van der Waals surface area contributed by atoms with Crippen LogP contribution in [-0.2, 0) is 13.0 Å². The summed E-state index contributed by atoms with van der Waals surface area (Å²) in [5.41, 5.74) is 8.53. The van der Waals surface area contributed by atoms with E-state index in [4.69, 9.17) is 0 Å². The van der Waals surface area contributed by atoms with Crippen LogP contribution in [0.15, 0.2) is 72.0 Å². The van der Waals surface area contributed by atoms with Crippen LogP contribution in [0.1, 0.15) is 29.5 Å². The Morgan fingerprint density at radius 2 is 1.68 bits per heavy atom. The standard InChI is InChI=1S/C21H21N/c1-16-10-12-20(13-11-16)22-15-19-8-3-2-6-17(19)14-18-7-4-5-9-21(18)22/h2-4,6-8,10-13H,5,9,14-15H2,1H3. The van der Waals surface area contributed by atoms with Crippen molar-refractivity contribution in [2.75, 3.05) is 4.90 Å². The van der Waals surface area contributed by atoms with Gasteiger partial charge in [-0.25, -0.2) is 0 Å². The smallest absolute Gasteiger partial charge is 0.0481 e. The highest BCUT2D eigenvalue weighted by molar-refractivity contribution is 5.58. The van der Waals surface area contributed by atoms with Crippen molar-refractivity contribution in [3.8, 4) is 0 Å². The van der Waals surface area contributed by atoms with E-state index in [0.29, 0.717) is 0 Å². The van der Waals surface area contributed by atoms with Crippen LogP contribution in [0, 0.1) is 6.92 Å². The fourth-order valence-electron chi connectivity index (χ4n) is 3.50. The maximum atomic E-state index is 2.52. The predicted molar refractivity (Wildman–Crippen MR) is 92.9 cm³/mol. The second-order valence-electron chi connectivity index (χ2n) is 6.28. The van der Waals surface area contributed by atoms with Gasteiger partial charge in [0.2, 0.25) is 0 Å². The molecule has 0 saturated carbocycles. The van der Waals surface area contributed by atoms with Crippen LogP contribution in [-0.4, -0.2) is 0 Å². The molecule has 1 heterocycles. The van der Waals surface area contributed by atoms with Gasteiger partial charge in [-0.3, -0.25) is 0 Å². The van der Waals surface area contributed by atoms with E-state index in [1.54, 1.807) is 0 Å². The van der Waals surface area contributed by atoms with Gasteiger partial charge in [0.05, 0.1) is 0 Å². The second-order valence-corrected chi connectivity index (χ2v) is 6.28. The predicted octanol–water partition coefficient (Wildman–Crippen LogP) is 5.16. The largest absolute Gasteiger partial charge is 0.340 e. The summed E-state index contributed by atoms with van der Waals surface area (Å²) in [5.74, 6) is 0. The number of allylic oxidation sites excluding steroid dienone is 4. The summed E-state index contributed by atoms with van der Waals surface area (Å²) in [7, 11) is 0. The summed E-state index contributed by atoms with van der Waals surface area (Å²) in [4.78, 5) is 2.52. The highest BCUT2D eigenvalue weighted by Gasteiger charge is 2.22. The molecule has 0 saturated heterocycles. The lowest BCUT2D eigenvalue weighted by Crippen LogP contribution is -2.23. The summed E-state index contributed by atoms with van der Waals surface area (Å²) in [6.45, 7) is 3.13. The molecule has 2 aliphatic rings. The monoisotopic (exact) mass is 287 g/mol. The van der Waals surface area contributed by atoms with Crippen molar-refractivity contribution in [3.05, 3.63) is 88.6 Å². The fraction of sp³-hybridized carbons (Fsp3) is 0.238. The molecule has 0 unspecified atom stereocenters. The number of nitrogens with zero attached hydrogens (tertiary/aromatic N) is 1. The minimum atomic E-state index is 0.978. The molecule has 22 heavy (non-hydrogen) atoms. The van der Waals surface area contributed by atoms with Gasteiger partial charge >= 0.3 is 0 Å². The van der Waals surface area contributed by atoms with Crippen molar-refractivity contribution in [2.45, 2.75) is 32.7 Å². The lowest BCUT2D eigenvalue weighted by Gasteiger charge is -2.29. The Bertz CT molecular complexity index is 750. The average Bonchev–Trinajstić information content (AvgIpc) is 2.72. The van der Waals surface area contributed by atoms with Crippen molar-refractivity contribution >= 4 is 5.69 Å². The summed E-state index contributed by atoms with van der Waals surface area (Å²) in [6.07, 6.45) is 8.01. The molecule has 0 spiro atoms. The first-order valence-electron chi connectivity index (χ1n) is 8.11. The van der Waals surface area contributed by atoms with E-state index in [1.807, 2.05) is 0 Å². The maximum absolute atomic E-state index is 2.52. The van der Waals surface area contributed by atoms with E-state index in [2.05, 4.69) is 72.5 Å². The molecule has 1 aliphatic heterocycles. The zero-order valence-corrected chi connectivity index (χ0v) is 13.0. The van der Waals surface area contributed by atoms with Crippen LogP contribution >= 0.6 is 0 Å². The van der Waals surface area contributed by atoms with Crippen LogP contribution in [0.25, 0.3) is 0 Å². The molecule has 0 fully saturated rings. The molecule has 0 atom stereocenters. The highest BCUT2D eigenvalue weighted by atomic mass is 15.1. The van der Waals surface area contributed by atoms with Crippen LogP contribution in [0.5, 0.6) is 0 Å². The second kappa shape index (κ2) is 5.49. The van der Waals surface area contributed by atoms with Gasteiger partial charge in [-0.1, -0.05) is 54.1 Å². The molecule has 110 valence electrons. The fourth-order valence-corrected chi connectivity index (χ4v) is 3.50. The number of aryl methyl sites for hydroxylation is 1. The van der Waals surface area contributed by atoms with Crippen molar-refractivity contribution in [1.82, 2.24) is 0 Å². The van der Waals surface area contributed by atoms with E-state index in [9.17, 15) is 0 Å². The topological polar surface area (TPSA) is 3.24 Å². The third-order valence-corrected chi connectivity index (χ3v) is 4.74. The van der Waals surface area contributed by atoms with Gasteiger partial charge in [0.1, 0.15) is 0 Å². The summed E-state index contributed by atoms with van der Waals surface area (Å²) >= 11 is 0. The van der Waals surface area contributed by atoms with E-state index >= 15 is 0 Å². The van der Waals surface area contributed by atoms with E-state index in [-0.39, 0.29) is 0 Å². The van der Waals surface area contributed by atoms with E-state index < -0.39 is 0 Å². The molecule has 0 aromatic heterocycles. The SMILES string of the molecule is Cc1ccc(N2Cc3ccccc3CC3=C2CCC=C3)cc1. The third-order valence-electron chi connectivity index (χ3n) is 4.74. The van der Waals surface area contributed by atoms with Crippen molar-refractivity contribution < 1.29 is 0 Å². The lowest BCUT2D eigenvalue weighted by molar-refractivity contribution is 0.819. The van der Waals surface area contributed by atoms with Crippen LogP contribution in [0.3, 0.4) is 0 Å². The molecular formula is C21H21N.